The lowest BCUT2D eigenvalue weighted by molar-refractivity contribution is 0.100. The molecule has 19 heavy (non-hydrogen) atoms. The normalized spacial score (nSPS) is 19.4. The van der Waals surface area contributed by atoms with Crippen molar-refractivity contribution < 1.29 is 9.90 Å². The molecule has 1 aromatic rings. The van der Waals surface area contributed by atoms with E-state index in [1.165, 1.54) is 0 Å². The van der Waals surface area contributed by atoms with E-state index in [-0.39, 0.29) is 12.6 Å². The number of nitrogens with zero attached hydrogens (tertiary/aromatic N) is 1. The van der Waals surface area contributed by atoms with Crippen molar-refractivity contribution in [3.05, 3.63) is 23.8 Å². The minimum absolute atomic E-state index is 0.155. The molecule has 1 heterocycles. The summed E-state index contributed by atoms with van der Waals surface area (Å²) in [7, 11) is 0. The molecule has 1 saturated heterocycles. The zero-order chi connectivity index (χ0) is 13.8. The molecule has 1 aliphatic rings. The van der Waals surface area contributed by atoms with Crippen LogP contribution in [0.25, 0.3) is 0 Å². The van der Waals surface area contributed by atoms with Crippen LogP contribution in [0, 0.1) is 0 Å². The molecule has 1 amide bonds. The standard InChI is InChI=1S/C14H21N3O2/c15-10-4-5-13(12(9-10)14(16)19)17-7-2-1-3-11(17)6-8-18/h4-5,9,11,18H,1-3,6-8,15H2,(H2,16,19). The fourth-order valence-corrected chi connectivity index (χ4v) is 2.77. The maximum absolute atomic E-state index is 11.6. The molecular formula is C14H21N3O2. The second kappa shape index (κ2) is 5.93. The highest BCUT2D eigenvalue weighted by atomic mass is 16.3. The van der Waals surface area contributed by atoms with Crippen molar-refractivity contribution in [2.75, 3.05) is 23.8 Å². The van der Waals surface area contributed by atoms with Gasteiger partial charge in [0.05, 0.1) is 5.56 Å². The molecule has 0 aromatic heterocycles. The number of nitrogens with two attached hydrogens (primary N) is 2. The van der Waals surface area contributed by atoms with E-state index in [4.69, 9.17) is 16.6 Å². The Morgan fingerprint density at radius 2 is 2.21 bits per heavy atom. The van der Waals surface area contributed by atoms with Crippen molar-refractivity contribution in [2.45, 2.75) is 31.7 Å². The minimum Gasteiger partial charge on any atom is -0.399 e. The lowest BCUT2D eigenvalue weighted by atomic mass is 9.97. The number of rotatable bonds is 4. The van der Waals surface area contributed by atoms with Crippen LogP contribution in [0.5, 0.6) is 0 Å². The summed E-state index contributed by atoms with van der Waals surface area (Å²) in [4.78, 5) is 13.8. The number of piperidine rings is 1. The number of primary amides is 1. The maximum atomic E-state index is 11.6. The Morgan fingerprint density at radius 3 is 2.89 bits per heavy atom. The third-order valence-electron chi connectivity index (χ3n) is 3.68. The summed E-state index contributed by atoms with van der Waals surface area (Å²) in [6, 6.07) is 5.53. The van der Waals surface area contributed by atoms with Crippen LogP contribution < -0.4 is 16.4 Å². The molecular weight excluding hydrogens is 242 g/mol. The Hall–Kier alpha value is -1.75. The molecule has 104 valence electrons. The molecule has 1 aromatic carbocycles. The number of nitrogen functional groups attached to an aromatic ring is 1. The molecule has 1 atom stereocenters. The van der Waals surface area contributed by atoms with Gasteiger partial charge in [0.2, 0.25) is 0 Å². The van der Waals surface area contributed by atoms with Crippen molar-refractivity contribution in [2.24, 2.45) is 5.73 Å². The van der Waals surface area contributed by atoms with Crippen molar-refractivity contribution in [3.8, 4) is 0 Å². The molecule has 0 bridgehead atoms. The number of hydrogen-bond acceptors (Lipinski definition) is 4. The van der Waals surface area contributed by atoms with Crippen LogP contribution in [0.3, 0.4) is 0 Å². The van der Waals surface area contributed by atoms with E-state index >= 15 is 0 Å². The summed E-state index contributed by atoms with van der Waals surface area (Å²) in [5.41, 5.74) is 13.0. The molecule has 0 saturated carbocycles. The molecule has 0 spiro atoms. The van der Waals surface area contributed by atoms with Crippen molar-refractivity contribution in [1.29, 1.82) is 0 Å². The highest BCUT2D eigenvalue weighted by Crippen LogP contribution is 2.30. The first-order chi connectivity index (χ1) is 9.13. The second-order valence-corrected chi connectivity index (χ2v) is 5.00. The summed E-state index contributed by atoms with van der Waals surface area (Å²) in [5.74, 6) is -0.462. The molecule has 5 N–H and O–H groups in total. The SMILES string of the molecule is NC(=O)c1cc(N)ccc1N1CCCCC1CCO. The fraction of sp³-hybridized carbons (Fsp3) is 0.500. The number of anilines is 2. The van der Waals surface area contributed by atoms with E-state index in [0.29, 0.717) is 17.7 Å². The number of amides is 1. The van der Waals surface area contributed by atoms with Gasteiger partial charge >= 0.3 is 0 Å². The van der Waals surface area contributed by atoms with E-state index in [2.05, 4.69) is 4.90 Å². The highest BCUT2D eigenvalue weighted by molar-refractivity contribution is 5.99. The molecule has 0 radical (unpaired) electrons. The van der Waals surface area contributed by atoms with Crippen molar-refractivity contribution >= 4 is 17.3 Å². The minimum atomic E-state index is -0.462. The largest absolute Gasteiger partial charge is 0.399 e. The monoisotopic (exact) mass is 263 g/mol. The van der Waals surface area contributed by atoms with Gasteiger partial charge in [-0.1, -0.05) is 0 Å². The van der Waals surface area contributed by atoms with Crippen LogP contribution in [-0.2, 0) is 0 Å². The molecule has 5 heteroatoms. The second-order valence-electron chi connectivity index (χ2n) is 5.00. The van der Waals surface area contributed by atoms with Crippen LogP contribution in [-0.4, -0.2) is 30.2 Å². The van der Waals surface area contributed by atoms with Crippen LogP contribution in [0.4, 0.5) is 11.4 Å². The summed E-state index contributed by atoms with van der Waals surface area (Å²) in [5, 5.41) is 9.17. The van der Waals surface area contributed by atoms with E-state index in [1.54, 1.807) is 12.1 Å². The van der Waals surface area contributed by atoms with E-state index < -0.39 is 5.91 Å². The molecule has 1 unspecified atom stereocenters. The summed E-state index contributed by atoms with van der Waals surface area (Å²) < 4.78 is 0. The third-order valence-corrected chi connectivity index (χ3v) is 3.68. The summed E-state index contributed by atoms with van der Waals surface area (Å²) in [6.07, 6.45) is 3.98. The van der Waals surface area contributed by atoms with Gasteiger partial charge in [0.25, 0.3) is 5.91 Å². The topological polar surface area (TPSA) is 92.6 Å². The Labute approximate surface area is 113 Å². The van der Waals surface area contributed by atoms with Gasteiger partial charge in [0.15, 0.2) is 0 Å². The van der Waals surface area contributed by atoms with Crippen LogP contribution in [0.1, 0.15) is 36.0 Å². The number of hydrogen-bond donors (Lipinski definition) is 3. The summed E-state index contributed by atoms with van der Waals surface area (Å²) >= 11 is 0. The Kier molecular flexibility index (Phi) is 4.27. The number of carbonyl (C=O) groups excluding carboxylic acids is 1. The van der Waals surface area contributed by atoms with Crippen molar-refractivity contribution in [3.63, 3.8) is 0 Å². The van der Waals surface area contributed by atoms with E-state index in [0.717, 1.165) is 31.5 Å². The van der Waals surface area contributed by atoms with Gasteiger partial charge in [0.1, 0.15) is 0 Å². The number of aliphatic hydroxyl groups excluding tert-OH is 1. The predicted octanol–water partition coefficient (Wildman–Crippen LogP) is 1.11. The first-order valence-electron chi connectivity index (χ1n) is 6.70. The lowest BCUT2D eigenvalue weighted by Gasteiger charge is -2.38. The number of benzene rings is 1. The van der Waals surface area contributed by atoms with Gasteiger partial charge in [-0.15, -0.1) is 0 Å². The third kappa shape index (κ3) is 2.98. The highest BCUT2D eigenvalue weighted by Gasteiger charge is 2.25. The molecule has 5 nitrogen and oxygen atoms in total. The zero-order valence-electron chi connectivity index (χ0n) is 11.0. The van der Waals surface area contributed by atoms with Gasteiger partial charge < -0.3 is 21.5 Å². The molecule has 2 rings (SSSR count). The number of aliphatic hydroxyl groups is 1. The maximum Gasteiger partial charge on any atom is 0.250 e. The molecule has 1 fully saturated rings. The first-order valence-corrected chi connectivity index (χ1v) is 6.70. The van der Waals surface area contributed by atoms with Gasteiger partial charge in [-0.2, -0.15) is 0 Å². The number of carbonyl (C=O) groups is 1. The van der Waals surface area contributed by atoms with Crippen LogP contribution in [0.2, 0.25) is 0 Å². The van der Waals surface area contributed by atoms with Gasteiger partial charge in [-0.05, 0) is 43.9 Å². The molecule has 0 aliphatic carbocycles. The van der Waals surface area contributed by atoms with E-state index in [1.807, 2.05) is 6.07 Å². The molecule has 1 aliphatic heterocycles. The van der Waals surface area contributed by atoms with Crippen LogP contribution in [0.15, 0.2) is 18.2 Å². The average Bonchev–Trinajstić information content (AvgIpc) is 2.40. The van der Waals surface area contributed by atoms with Gasteiger partial charge in [-0.3, -0.25) is 4.79 Å². The zero-order valence-corrected chi connectivity index (χ0v) is 11.0. The lowest BCUT2D eigenvalue weighted by Crippen LogP contribution is -2.41. The average molecular weight is 263 g/mol. The Balaban J connectivity index is 2.35. The quantitative estimate of drug-likeness (QED) is 0.709. The smallest absolute Gasteiger partial charge is 0.250 e. The van der Waals surface area contributed by atoms with Crippen LogP contribution >= 0.6 is 0 Å². The fourth-order valence-electron chi connectivity index (χ4n) is 2.77. The van der Waals surface area contributed by atoms with Gasteiger partial charge in [0, 0.05) is 30.6 Å². The van der Waals surface area contributed by atoms with Crippen molar-refractivity contribution in [1.82, 2.24) is 0 Å². The Bertz CT molecular complexity index is 460. The summed E-state index contributed by atoms with van der Waals surface area (Å²) in [6.45, 7) is 1.04. The predicted molar refractivity (Wildman–Crippen MR) is 76.1 cm³/mol. The van der Waals surface area contributed by atoms with Gasteiger partial charge in [-0.25, -0.2) is 0 Å². The van der Waals surface area contributed by atoms with E-state index in [9.17, 15) is 4.79 Å². The first kappa shape index (κ1) is 13.7. The Morgan fingerprint density at radius 1 is 1.42 bits per heavy atom.